The number of hydrogen-bond acceptors (Lipinski definition) is 3. The molecule has 0 saturated carbocycles. The van der Waals surface area contributed by atoms with Crippen molar-refractivity contribution in [1.82, 2.24) is 0 Å². The van der Waals surface area contributed by atoms with Crippen molar-refractivity contribution in [2.24, 2.45) is 5.73 Å². The molecule has 3 N–H and O–H groups in total. The van der Waals surface area contributed by atoms with Crippen molar-refractivity contribution in [3.05, 3.63) is 23.8 Å². The summed E-state index contributed by atoms with van der Waals surface area (Å²) >= 11 is 1.64. The van der Waals surface area contributed by atoms with Crippen LogP contribution in [0.2, 0.25) is 0 Å². The first-order chi connectivity index (χ1) is 5.65. The molecule has 0 radical (unpaired) electrons. The minimum atomic E-state index is -0.114. The number of benzene rings is 1. The number of thioether (sulfide) groups is 1. The molecule has 0 fully saturated rings. The lowest BCUT2D eigenvalue weighted by molar-refractivity contribution is 0.463. The lowest BCUT2D eigenvalue weighted by Crippen LogP contribution is -2.05. The van der Waals surface area contributed by atoms with Crippen LogP contribution in [0, 0.1) is 0 Å². The zero-order valence-electron chi connectivity index (χ0n) is 7.24. The van der Waals surface area contributed by atoms with E-state index in [0.29, 0.717) is 0 Å². The normalized spacial score (nSPS) is 12.9. The van der Waals surface area contributed by atoms with Gasteiger partial charge < -0.3 is 10.8 Å². The number of hydrogen-bond donors (Lipinski definition) is 2. The van der Waals surface area contributed by atoms with Crippen LogP contribution in [0.4, 0.5) is 0 Å². The first kappa shape index (κ1) is 9.42. The highest BCUT2D eigenvalue weighted by molar-refractivity contribution is 7.98. The van der Waals surface area contributed by atoms with E-state index in [1.807, 2.05) is 25.3 Å². The Morgan fingerprint density at radius 3 is 2.67 bits per heavy atom. The molecule has 1 aromatic rings. The van der Waals surface area contributed by atoms with Gasteiger partial charge >= 0.3 is 0 Å². The van der Waals surface area contributed by atoms with Gasteiger partial charge in [-0.05, 0) is 31.4 Å². The Bertz CT molecular complexity index is 273. The van der Waals surface area contributed by atoms with E-state index in [1.54, 1.807) is 17.8 Å². The molecule has 0 amide bonds. The molecule has 0 heterocycles. The molecule has 0 spiro atoms. The van der Waals surface area contributed by atoms with E-state index in [-0.39, 0.29) is 11.8 Å². The van der Waals surface area contributed by atoms with E-state index in [1.165, 1.54) is 0 Å². The standard InChI is InChI=1S/C9H13NOS/c1-6(10)8-5-7(12-2)3-4-9(8)11/h3-6,11H,10H2,1-2H3/t6-/m1/s1. The van der Waals surface area contributed by atoms with E-state index >= 15 is 0 Å². The molecule has 1 rings (SSSR count). The van der Waals surface area contributed by atoms with E-state index < -0.39 is 0 Å². The van der Waals surface area contributed by atoms with Gasteiger partial charge in [-0.25, -0.2) is 0 Å². The van der Waals surface area contributed by atoms with E-state index in [9.17, 15) is 5.11 Å². The summed E-state index contributed by atoms with van der Waals surface area (Å²) in [5, 5.41) is 9.41. The molecule has 0 bridgehead atoms. The maximum Gasteiger partial charge on any atom is 0.120 e. The maximum atomic E-state index is 9.41. The van der Waals surface area contributed by atoms with Crippen molar-refractivity contribution in [1.29, 1.82) is 0 Å². The molecule has 0 aliphatic carbocycles. The van der Waals surface area contributed by atoms with Crippen molar-refractivity contribution in [2.75, 3.05) is 6.26 Å². The Kier molecular flexibility index (Phi) is 3.00. The van der Waals surface area contributed by atoms with Crippen molar-refractivity contribution in [3.8, 4) is 5.75 Å². The van der Waals surface area contributed by atoms with Gasteiger partial charge in [0.2, 0.25) is 0 Å². The molecule has 0 saturated heterocycles. The second kappa shape index (κ2) is 3.83. The summed E-state index contributed by atoms with van der Waals surface area (Å²) in [6.45, 7) is 1.86. The molecule has 0 aliphatic heterocycles. The Balaban J connectivity index is 3.08. The zero-order valence-corrected chi connectivity index (χ0v) is 8.06. The van der Waals surface area contributed by atoms with Crippen LogP contribution in [0.15, 0.2) is 23.1 Å². The molecule has 1 atom stereocenters. The maximum absolute atomic E-state index is 9.41. The van der Waals surface area contributed by atoms with Gasteiger partial charge in [0, 0.05) is 16.5 Å². The Morgan fingerprint density at radius 2 is 2.17 bits per heavy atom. The third-order valence-electron chi connectivity index (χ3n) is 1.73. The van der Waals surface area contributed by atoms with Gasteiger partial charge in [-0.3, -0.25) is 0 Å². The summed E-state index contributed by atoms with van der Waals surface area (Å²) in [6, 6.07) is 5.37. The summed E-state index contributed by atoms with van der Waals surface area (Å²) in [4.78, 5) is 1.13. The monoisotopic (exact) mass is 183 g/mol. The Morgan fingerprint density at radius 1 is 1.50 bits per heavy atom. The van der Waals surface area contributed by atoms with E-state index in [2.05, 4.69) is 0 Å². The molecule has 66 valence electrons. The van der Waals surface area contributed by atoms with Crippen LogP contribution in [0.25, 0.3) is 0 Å². The molecular weight excluding hydrogens is 170 g/mol. The first-order valence-corrected chi connectivity index (χ1v) is 5.00. The van der Waals surface area contributed by atoms with Gasteiger partial charge in [0.15, 0.2) is 0 Å². The molecular formula is C9H13NOS. The molecule has 1 aromatic carbocycles. The van der Waals surface area contributed by atoms with Gasteiger partial charge in [0.1, 0.15) is 5.75 Å². The predicted octanol–water partition coefficient (Wildman–Crippen LogP) is 2.13. The SMILES string of the molecule is CSc1ccc(O)c([C@@H](C)N)c1. The average Bonchev–Trinajstić information content (AvgIpc) is 2.05. The summed E-state index contributed by atoms with van der Waals surface area (Å²) in [6.07, 6.45) is 2.00. The van der Waals surface area contributed by atoms with Gasteiger partial charge in [0.25, 0.3) is 0 Å². The third kappa shape index (κ3) is 1.93. The highest BCUT2D eigenvalue weighted by Gasteiger charge is 2.05. The van der Waals surface area contributed by atoms with Gasteiger partial charge in [-0.2, -0.15) is 0 Å². The van der Waals surface area contributed by atoms with Crippen LogP contribution in [-0.4, -0.2) is 11.4 Å². The minimum Gasteiger partial charge on any atom is -0.508 e. The molecule has 0 unspecified atom stereocenters. The number of rotatable bonds is 2. The van der Waals surface area contributed by atoms with Gasteiger partial charge in [-0.15, -0.1) is 11.8 Å². The summed E-state index contributed by atoms with van der Waals surface area (Å²) in [5.41, 5.74) is 6.48. The summed E-state index contributed by atoms with van der Waals surface area (Å²) < 4.78 is 0. The molecule has 2 nitrogen and oxygen atoms in total. The van der Waals surface area contributed by atoms with Gasteiger partial charge in [0.05, 0.1) is 0 Å². The summed E-state index contributed by atoms with van der Waals surface area (Å²) in [5.74, 6) is 0.280. The first-order valence-electron chi connectivity index (χ1n) is 3.77. The predicted molar refractivity (Wildman–Crippen MR) is 52.5 cm³/mol. The lowest BCUT2D eigenvalue weighted by atomic mass is 10.1. The number of phenols is 1. The molecule has 12 heavy (non-hydrogen) atoms. The fourth-order valence-corrected chi connectivity index (χ4v) is 1.47. The van der Waals surface area contributed by atoms with Crippen LogP contribution in [0.5, 0.6) is 5.75 Å². The fourth-order valence-electron chi connectivity index (χ4n) is 1.02. The largest absolute Gasteiger partial charge is 0.508 e. The summed E-state index contributed by atoms with van der Waals surface area (Å²) in [7, 11) is 0. The van der Waals surface area contributed by atoms with Crippen LogP contribution >= 0.6 is 11.8 Å². The van der Waals surface area contributed by atoms with Crippen LogP contribution in [0.3, 0.4) is 0 Å². The quantitative estimate of drug-likeness (QED) is 0.690. The zero-order chi connectivity index (χ0) is 9.14. The molecule has 0 aromatic heterocycles. The van der Waals surface area contributed by atoms with Crippen molar-refractivity contribution < 1.29 is 5.11 Å². The smallest absolute Gasteiger partial charge is 0.120 e. The van der Waals surface area contributed by atoms with E-state index in [4.69, 9.17) is 5.73 Å². The highest BCUT2D eigenvalue weighted by atomic mass is 32.2. The molecule has 0 aliphatic rings. The number of phenolic OH excluding ortho intramolecular Hbond substituents is 1. The highest BCUT2D eigenvalue weighted by Crippen LogP contribution is 2.27. The van der Waals surface area contributed by atoms with Gasteiger partial charge in [-0.1, -0.05) is 0 Å². The second-order valence-electron chi connectivity index (χ2n) is 2.71. The van der Waals surface area contributed by atoms with Crippen LogP contribution in [0.1, 0.15) is 18.5 Å². The minimum absolute atomic E-state index is 0.114. The topological polar surface area (TPSA) is 46.2 Å². The van der Waals surface area contributed by atoms with Crippen LogP contribution < -0.4 is 5.73 Å². The third-order valence-corrected chi connectivity index (χ3v) is 2.45. The number of nitrogens with two attached hydrogens (primary N) is 1. The lowest BCUT2D eigenvalue weighted by Gasteiger charge is -2.09. The number of aromatic hydroxyl groups is 1. The molecule has 3 heteroatoms. The second-order valence-corrected chi connectivity index (χ2v) is 3.59. The van der Waals surface area contributed by atoms with Crippen molar-refractivity contribution in [3.63, 3.8) is 0 Å². The van der Waals surface area contributed by atoms with Crippen LogP contribution in [-0.2, 0) is 0 Å². The Hall–Kier alpha value is -0.670. The van der Waals surface area contributed by atoms with E-state index in [0.717, 1.165) is 10.5 Å². The Labute approximate surface area is 76.8 Å². The fraction of sp³-hybridized carbons (Fsp3) is 0.333. The average molecular weight is 183 g/mol. The van der Waals surface area contributed by atoms with Crippen molar-refractivity contribution >= 4 is 11.8 Å². The van der Waals surface area contributed by atoms with Crippen molar-refractivity contribution in [2.45, 2.75) is 17.9 Å².